The highest BCUT2D eigenvalue weighted by molar-refractivity contribution is 9.12. The standard InChI is InChI=1S/C16H13Br2ClO2/c1-21-13-5-3-2-4-12(13)14(17)15(18)16(20)10-6-8-11(19)9-7-10/h2-9,14-15H,1H3. The highest BCUT2D eigenvalue weighted by atomic mass is 79.9. The lowest BCUT2D eigenvalue weighted by atomic mass is 10.0. The lowest BCUT2D eigenvalue weighted by molar-refractivity contribution is 0.0991. The number of benzene rings is 2. The number of ketones is 1. The molecule has 0 fully saturated rings. The van der Waals surface area contributed by atoms with Crippen molar-refractivity contribution in [3.8, 4) is 5.75 Å². The Balaban J connectivity index is 2.24. The number of hydrogen-bond donors (Lipinski definition) is 0. The molecular formula is C16H13Br2ClO2. The van der Waals surface area contributed by atoms with Gasteiger partial charge in [-0.25, -0.2) is 0 Å². The molecular weight excluding hydrogens is 419 g/mol. The van der Waals surface area contributed by atoms with E-state index in [0.29, 0.717) is 10.6 Å². The first-order valence-electron chi connectivity index (χ1n) is 6.25. The first kappa shape index (κ1) is 16.5. The van der Waals surface area contributed by atoms with Crippen LogP contribution in [0.25, 0.3) is 0 Å². The maximum Gasteiger partial charge on any atom is 0.177 e. The number of para-hydroxylation sites is 1. The maximum absolute atomic E-state index is 12.5. The molecule has 2 aromatic carbocycles. The average Bonchev–Trinajstić information content (AvgIpc) is 2.53. The van der Waals surface area contributed by atoms with Crippen molar-refractivity contribution in [2.24, 2.45) is 0 Å². The zero-order valence-electron chi connectivity index (χ0n) is 11.2. The normalized spacial score (nSPS) is 13.5. The van der Waals surface area contributed by atoms with Crippen molar-refractivity contribution in [1.82, 2.24) is 0 Å². The average molecular weight is 433 g/mol. The van der Waals surface area contributed by atoms with Crippen LogP contribution < -0.4 is 4.74 Å². The summed E-state index contributed by atoms with van der Waals surface area (Å²) in [5, 5.41) is 0.609. The minimum Gasteiger partial charge on any atom is -0.496 e. The first-order chi connectivity index (χ1) is 10.0. The summed E-state index contributed by atoms with van der Waals surface area (Å²) in [6.07, 6.45) is 0. The molecule has 2 aromatic rings. The predicted octanol–water partition coefficient (Wildman–Crippen LogP) is 5.43. The molecule has 0 aliphatic rings. The Bertz CT molecular complexity index is 628. The molecule has 0 N–H and O–H groups in total. The quantitative estimate of drug-likeness (QED) is 0.465. The zero-order chi connectivity index (χ0) is 15.4. The minimum absolute atomic E-state index is 0.0144. The third kappa shape index (κ3) is 3.87. The molecule has 110 valence electrons. The van der Waals surface area contributed by atoms with Gasteiger partial charge in [0.1, 0.15) is 5.75 Å². The fourth-order valence-corrected chi connectivity index (χ4v) is 3.25. The molecule has 0 aromatic heterocycles. The Labute approximate surface area is 145 Å². The summed E-state index contributed by atoms with van der Waals surface area (Å²) in [5.41, 5.74) is 1.53. The van der Waals surface area contributed by atoms with Crippen molar-refractivity contribution in [2.75, 3.05) is 7.11 Å². The number of halogens is 3. The first-order valence-corrected chi connectivity index (χ1v) is 8.46. The van der Waals surface area contributed by atoms with Gasteiger partial charge in [-0.05, 0) is 30.3 Å². The van der Waals surface area contributed by atoms with Gasteiger partial charge in [0.05, 0.1) is 16.8 Å². The van der Waals surface area contributed by atoms with E-state index in [0.717, 1.165) is 11.3 Å². The molecule has 0 amide bonds. The Morgan fingerprint density at radius 2 is 1.71 bits per heavy atom. The SMILES string of the molecule is COc1ccccc1C(Br)C(Br)C(=O)c1ccc(Cl)cc1. The van der Waals surface area contributed by atoms with E-state index in [2.05, 4.69) is 31.9 Å². The van der Waals surface area contributed by atoms with Crippen LogP contribution in [-0.2, 0) is 0 Å². The molecule has 5 heteroatoms. The summed E-state index contributed by atoms with van der Waals surface area (Å²) >= 11 is 12.9. The van der Waals surface area contributed by atoms with E-state index in [1.54, 1.807) is 31.4 Å². The van der Waals surface area contributed by atoms with Gasteiger partial charge in [0.2, 0.25) is 0 Å². The van der Waals surface area contributed by atoms with Crippen LogP contribution in [0.2, 0.25) is 5.02 Å². The smallest absolute Gasteiger partial charge is 0.177 e. The van der Waals surface area contributed by atoms with Crippen LogP contribution in [0.5, 0.6) is 5.75 Å². The Morgan fingerprint density at radius 3 is 2.33 bits per heavy atom. The lowest BCUT2D eigenvalue weighted by Crippen LogP contribution is -2.19. The van der Waals surface area contributed by atoms with Gasteiger partial charge in [-0.2, -0.15) is 0 Å². The van der Waals surface area contributed by atoms with Gasteiger partial charge in [-0.1, -0.05) is 61.7 Å². The number of alkyl halides is 2. The molecule has 0 saturated heterocycles. The van der Waals surface area contributed by atoms with E-state index >= 15 is 0 Å². The van der Waals surface area contributed by atoms with Crippen LogP contribution in [0.15, 0.2) is 48.5 Å². The Kier molecular flexibility index (Phi) is 5.85. The van der Waals surface area contributed by atoms with Crippen LogP contribution in [0.4, 0.5) is 0 Å². The number of rotatable bonds is 5. The summed E-state index contributed by atoms with van der Waals surface area (Å²) in [4.78, 5) is 11.9. The molecule has 0 bridgehead atoms. The largest absolute Gasteiger partial charge is 0.496 e. The summed E-state index contributed by atoms with van der Waals surface area (Å²) in [5.74, 6) is 0.729. The molecule has 2 unspecified atom stereocenters. The highest BCUT2D eigenvalue weighted by Gasteiger charge is 2.27. The number of carbonyl (C=O) groups is 1. The van der Waals surface area contributed by atoms with Crippen LogP contribution in [0.1, 0.15) is 20.7 Å². The van der Waals surface area contributed by atoms with E-state index in [-0.39, 0.29) is 10.6 Å². The van der Waals surface area contributed by atoms with Crippen LogP contribution in [0, 0.1) is 0 Å². The van der Waals surface area contributed by atoms with Crippen molar-refractivity contribution >= 4 is 49.2 Å². The maximum atomic E-state index is 12.5. The Hall–Kier alpha value is -0.840. The van der Waals surface area contributed by atoms with Crippen LogP contribution in [-0.4, -0.2) is 17.7 Å². The molecule has 0 heterocycles. The van der Waals surface area contributed by atoms with Gasteiger partial charge in [-0.3, -0.25) is 4.79 Å². The van der Waals surface area contributed by atoms with Gasteiger partial charge < -0.3 is 4.74 Å². The molecule has 0 saturated carbocycles. The molecule has 2 rings (SSSR count). The predicted molar refractivity (Wildman–Crippen MR) is 93.2 cm³/mol. The number of methoxy groups -OCH3 is 1. The second-order valence-electron chi connectivity index (χ2n) is 4.42. The van der Waals surface area contributed by atoms with Crippen molar-refractivity contribution in [1.29, 1.82) is 0 Å². The summed E-state index contributed by atoms with van der Waals surface area (Å²) in [7, 11) is 1.61. The number of ether oxygens (including phenoxy) is 1. The summed E-state index contributed by atoms with van der Waals surface area (Å²) < 4.78 is 5.34. The monoisotopic (exact) mass is 430 g/mol. The second kappa shape index (κ2) is 7.43. The number of carbonyl (C=O) groups excluding carboxylic acids is 1. The third-order valence-electron chi connectivity index (χ3n) is 3.07. The summed E-state index contributed by atoms with van der Waals surface area (Å²) in [6, 6.07) is 14.5. The topological polar surface area (TPSA) is 26.3 Å². The molecule has 21 heavy (non-hydrogen) atoms. The van der Waals surface area contributed by atoms with E-state index in [1.165, 1.54) is 0 Å². The fraction of sp³-hybridized carbons (Fsp3) is 0.188. The Morgan fingerprint density at radius 1 is 1.10 bits per heavy atom. The molecule has 0 aliphatic carbocycles. The van der Waals surface area contributed by atoms with E-state index in [4.69, 9.17) is 16.3 Å². The summed E-state index contributed by atoms with van der Waals surface area (Å²) in [6.45, 7) is 0. The molecule has 2 atom stereocenters. The molecule has 0 aliphatic heterocycles. The van der Waals surface area contributed by atoms with Crippen LogP contribution >= 0.6 is 43.5 Å². The number of Topliss-reactive ketones (excluding diaryl/α,β-unsaturated/α-hetero) is 1. The molecule has 0 radical (unpaired) electrons. The van der Waals surface area contributed by atoms with Gasteiger partial charge in [0, 0.05) is 16.1 Å². The van der Waals surface area contributed by atoms with Gasteiger partial charge in [0.15, 0.2) is 5.78 Å². The van der Waals surface area contributed by atoms with E-state index in [1.807, 2.05) is 24.3 Å². The van der Waals surface area contributed by atoms with Gasteiger partial charge in [-0.15, -0.1) is 0 Å². The third-order valence-corrected chi connectivity index (χ3v) is 6.00. The van der Waals surface area contributed by atoms with E-state index in [9.17, 15) is 4.79 Å². The van der Waals surface area contributed by atoms with Gasteiger partial charge >= 0.3 is 0 Å². The minimum atomic E-state index is -0.407. The number of hydrogen-bond acceptors (Lipinski definition) is 2. The van der Waals surface area contributed by atoms with Crippen molar-refractivity contribution in [2.45, 2.75) is 9.65 Å². The lowest BCUT2D eigenvalue weighted by Gasteiger charge is -2.18. The second-order valence-corrected chi connectivity index (χ2v) is 6.83. The molecule has 0 spiro atoms. The zero-order valence-corrected chi connectivity index (χ0v) is 15.2. The highest BCUT2D eigenvalue weighted by Crippen LogP contribution is 2.38. The fourth-order valence-electron chi connectivity index (χ4n) is 1.96. The van der Waals surface area contributed by atoms with Crippen molar-refractivity contribution < 1.29 is 9.53 Å². The van der Waals surface area contributed by atoms with Gasteiger partial charge in [0.25, 0.3) is 0 Å². The van der Waals surface area contributed by atoms with Crippen molar-refractivity contribution in [3.63, 3.8) is 0 Å². The van der Waals surface area contributed by atoms with Crippen molar-refractivity contribution in [3.05, 3.63) is 64.7 Å². The molecule has 2 nitrogen and oxygen atoms in total. The van der Waals surface area contributed by atoms with E-state index < -0.39 is 4.83 Å². The van der Waals surface area contributed by atoms with Crippen LogP contribution in [0.3, 0.4) is 0 Å².